The van der Waals surface area contributed by atoms with Gasteiger partial charge in [-0.05, 0) is 52.4 Å². The normalized spacial score (nSPS) is 11.2. The Hall–Kier alpha value is -1.44. The molecular weight excluding hydrogens is 418 g/mol. The number of rotatable bonds is 3. The minimum atomic E-state index is 0.0528. The van der Waals surface area contributed by atoms with Crippen LogP contribution in [-0.4, -0.2) is 15.9 Å². The van der Waals surface area contributed by atoms with E-state index in [0.29, 0.717) is 15.7 Å². The van der Waals surface area contributed by atoms with Crippen LogP contribution < -0.4 is 11.2 Å². The summed E-state index contributed by atoms with van der Waals surface area (Å²) >= 11 is 11.5. The van der Waals surface area contributed by atoms with E-state index in [1.165, 1.54) is 0 Å². The van der Waals surface area contributed by atoms with Crippen molar-refractivity contribution in [3.63, 3.8) is 0 Å². The van der Waals surface area contributed by atoms with Crippen LogP contribution in [0.4, 0.5) is 0 Å². The van der Waals surface area contributed by atoms with Crippen molar-refractivity contribution in [2.24, 2.45) is 10.8 Å². The number of phenols is 1. The Bertz CT molecular complexity index is 719. The number of phenolic OH excluding ortho intramolecular Hbond substituents is 1. The minimum Gasteiger partial charge on any atom is -0.506 e. The molecule has 2 aromatic carbocycles. The molecule has 0 aliphatic heterocycles. The Kier molecular flexibility index (Phi) is 5.33. The molecule has 0 amide bonds. The Balaban J connectivity index is 2.59. The summed E-state index contributed by atoms with van der Waals surface area (Å²) in [6.45, 7) is 0. The van der Waals surface area contributed by atoms with Crippen molar-refractivity contribution >= 4 is 54.9 Å². The predicted molar refractivity (Wildman–Crippen MR) is 95.5 cm³/mol. The van der Waals surface area contributed by atoms with Crippen LogP contribution in [0.3, 0.4) is 0 Å². The molecule has 2 rings (SSSR count). The number of benzene rings is 2. The van der Waals surface area contributed by atoms with Crippen molar-refractivity contribution in [1.29, 1.82) is 0 Å². The first kappa shape index (κ1) is 15.9. The lowest BCUT2D eigenvalue weighted by Crippen LogP contribution is -2.26. The maximum Gasteiger partial charge on any atom is 0.184 e. The van der Waals surface area contributed by atoms with Gasteiger partial charge in [-0.2, -0.15) is 5.10 Å². The van der Waals surface area contributed by atoms with Gasteiger partial charge in [0.25, 0.3) is 0 Å². The van der Waals surface area contributed by atoms with Crippen LogP contribution in [0.25, 0.3) is 0 Å². The van der Waals surface area contributed by atoms with Gasteiger partial charge in [-0.3, -0.25) is 5.43 Å². The highest BCUT2D eigenvalue weighted by Gasteiger charge is 2.14. The van der Waals surface area contributed by atoms with E-state index in [0.717, 1.165) is 10.0 Å². The van der Waals surface area contributed by atoms with E-state index in [1.807, 2.05) is 30.3 Å². The third-order valence-corrected chi connectivity index (χ3v) is 3.84. The van der Waals surface area contributed by atoms with Crippen LogP contribution in [0.1, 0.15) is 11.1 Å². The van der Waals surface area contributed by atoms with Gasteiger partial charge in [0.05, 0.1) is 4.47 Å². The number of nitrogens with two attached hydrogens (primary N) is 1. The second-order valence-electron chi connectivity index (χ2n) is 4.08. The van der Waals surface area contributed by atoms with E-state index < -0.39 is 0 Å². The summed E-state index contributed by atoms with van der Waals surface area (Å²) in [5.74, 6) is 0.0981. The summed E-state index contributed by atoms with van der Waals surface area (Å²) in [6, 6.07) is 12.9. The molecule has 0 aliphatic carbocycles. The van der Waals surface area contributed by atoms with E-state index in [4.69, 9.17) is 18.0 Å². The van der Waals surface area contributed by atoms with Crippen molar-refractivity contribution in [3.05, 3.63) is 62.5 Å². The van der Waals surface area contributed by atoms with Crippen LogP contribution in [0.5, 0.6) is 5.75 Å². The summed E-state index contributed by atoms with van der Waals surface area (Å²) in [5.41, 5.74) is 9.89. The third-order valence-electron chi connectivity index (χ3n) is 2.62. The summed E-state index contributed by atoms with van der Waals surface area (Å²) in [6.07, 6.45) is 0. The number of thiocarbonyl (C=S) groups is 1. The number of hydrogen-bond acceptors (Lipinski definition) is 3. The van der Waals surface area contributed by atoms with Crippen molar-refractivity contribution in [3.8, 4) is 5.75 Å². The Morgan fingerprint density at radius 1 is 1.19 bits per heavy atom. The molecule has 0 radical (unpaired) electrons. The monoisotopic (exact) mass is 427 g/mol. The summed E-state index contributed by atoms with van der Waals surface area (Å²) in [7, 11) is 0. The van der Waals surface area contributed by atoms with Gasteiger partial charge in [-0.25, -0.2) is 0 Å². The fourth-order valence-electron chi connectivity index (χ4n) is 1.73. The van der Waals surface area contributed by atoms with Crippen molar-refractivity contribution < 1.29 is 5.11 Å². The van der Waals surface area contributed by atoms with Crippen LogP contribution in [0, 0.1) is 0 Å². The Morgan fingerprint density at radius 3 is 2.57 bits per heavy atom. The largest absolute Gasteiger partial charge is 0.506 e. The lowest BCUT2D eigenvalue weighted by Gasteiger charge is -2.11. The summed E-state index contributed by atoms with van der Waals surface area (Å²) in [5, 5.41) is 14.5. The molecule has 0 heterocycles. The molecule has 4 N–H and O–H groups in total. The van der Waals surface area contributed by atoms with E-state index in [9.17, 15) is 5.11 Å². The summed E-state index contributed by atoms with van der Waals surface area (Å²) in [4.78, 5) is 0. The molecule has 2 aromatic rings. The topological polar surface area (TPSA) is 70.6 Å². The molecule has 108 valence electrons. The highest BCUT2D eigenvalue weighted by atomic mass is 79.9. The van der Waals surface area contributed by atoms with Gasteiger partial charge in [-0.15, -0.1) is 0 Å². The minimum absolute atomic E-state index is 0.0528. The van der Waals surface area contributed by atoms with E-state index in [2.05, 4.69) is 42.4 Å². The number of nitrogens with zero attached hydrogens (tertiary/aromatic N) is 1. The second kappa shape index (κ2) is 7.02. The molecule has 4 nitrogen and oxygen atoms in total. The maximum absolute atomic E-state index is 10.2. The van der Waals surface area contributed by atoms with Crippen molar-refractivity contribution in [2.45, 2.75) is 0 Å². The molecule has 0 unspecified atom stereocenters. The third kappa shape index (κ3) is 4.03. The molecule has 0 saturated carbocycles. The van der Waals surface area contributed by atoms with Crippen LogP contribution in [0.15, 0.2) is 56.5 Å². The molecule has 21 heavy (non-hydrogen) atoms. The molecule has 7 heteroatoms. The lowest BCUT2D eigenvalue weighted by molar-refractivity contribution is 0.471. The molecule has 0 aromatic heterocycles. The number of aromatic hydroxyl groups is 1. The van der Waals surface area contributed by atoms with Gasteiger partial charge < -0.3 is 10.8 Å². The lowest BCUT2D eigenvalue weighted by atomic mass is 10.0. The van der Waals surface area contributed by atoms with Crippen LogP contribution in [0.2, 0.25) is 0 Å². The zero-order chi connectivity index (χ0) is 15.4. The zero-order valence-corrected chi connectivity index (χ0v) is 14.7. The average molecular weight is 429 g/mol. The molecule has 0 saturated heterocycles. The van der Waals surface area contributed by atoms with Gasteiger partial charge in [0, 0.05) is 15.6 Å². The van der Waals surface area contributed by atoms with Gasteiger partial charge in [0.1, 0.15) is 11.5 Å². The highest BCUT2D eigenvalue weighted by molar-refractivity contribution is 9.10. The number of nitrogens with one attached hydrogen (secondary N) is 1. The number of para-hydroxylation sites is 1. The van der Waals surface area contributed by atoms with Crippen LogP contribution >= 0.6 is 44.1 Å². The SMILES string of the molecule is NC(=S)N/N=C(/c1cccc(Br)c1)c1cccc(Br)c1O. The number of halogens is 2. The van der Waals surface area contributed by atoms with E-state index in [-0.39, 0.29) is 10.9 Å². The fourth-order valence-corrected chi connectivity index (χ4v) is 2.54. The van der Waals surface area contributed by atoms with E-state index in [1.54, 1.807) is 12.1 Å². The first-order chi connectivity index (χ1) is 9.99. The summed E-state index contributed by atoms with van der Waals surface area (Å²) < 4.78 is 1.48. The highest BCUT2D eigenvalue weighted by Crippen LogP contribution is 2.30. The average Bonchev–Trinajstić information content (AvgIpc) is 2.43. The predicted octanol–water partition coefficient (Wildman–Crippen LogP) is 3.50. The molecule has 0 atom stereocenters. The molecular formula is C14H11Br2N3OS. The Labute approximate surface area is 144 Å². The molecule has 0 bridgehead atoms. The van der Waals surface area contributed by atoms with Gasteiger partial charge >= 0.3 is 0 Å². The van der Waals surface area contributed by atoms with Gasteiger partial charge in [0.15, 0.2) is 5.11 Å². The van der Waals surface area contributed by atoms with Gasteiger partial charge in [0.2, 0.25) is 0 Å². The molecule has 0 fully saturated rings. The standard InChI is InChI=1S/C14H11Br2N3OS/c15-9-4-1-3-8(7-9)12(18-19-14(17)21)10-5-2-6-11(16)13(10)20/h1-7,20H,(H3,17,19,21)/b18-12-. The molecule has 0 spiro atoms. The molecule has 0 aliphatic rings. The van der Waals surface area contributed by atoms with Gasteiger partial charge in [-0.1, -0.05) is 34.1 Å². The van der Waals surface area contributed by atoms with Crippen molar-refractivity contribution in [2.75, 3.05) is 0 Å². The fraction of sp³-hybridized carbons (Fsp3) is 0. The number of hydrazone groups is 1. The van der Waals surface area contributed by atoms with E-state index >= 15 is 0 Å². The first-order valence-electron chi connectivity index (χ1n) is 5.86. The quantitative estimate of drug-likeness (QED) is 0.397. The van der Waals surface area contributed by atoms with Crippen LogP contribution in [-0.2, 0) is 0 Å². The Morgan fingerprint density at radius 2 is 1.90 bits per heavy atom. The first-order valence-corrected chi connectivity index (χ1v) is 7.85. The maximum atomic E-state index is 10.2. The number of hydrogen-bond donors (Lipinski definition) is 3. The zero-order valence-electron chi connectivity index (χ0n) is 10.7. The second-order valence-corrected chi connectivity index (χ2v) is 6.29. The van der Waals surface area contributed by atoms with Crippen molar-refractivity contribution in [1.82, 2.24) is 5.43 Å². The smallest absolute Gasteiger partial charge is 0.184 e.